The largest absolute Gasteiger partial charge is 0.303 e. The fraction of sp³-hybridized carbons (Fsp3) is 0.438. The van der Waals surface area contributed by atoms with Crippen LogP contribution >= 0.6 is 0 Å². The molecule has 0 bridgehead atoms. The second kappa shape index (κ2) is 5.53. The van der Waals surface area contributed by atoms with E-state index in [1.807, 2.05) is 12.4 Å². The number of aromatic amines is 1. The Bertz CT molecular complexity index is 766. The molecule has 0 spiro atoms. The lowest BCUT2D eigenvalue weighted by Crippen LogP contribution is -2.34. The van der Waals surface area contributed by atoms with Crippen molar-refractivity contribution in [3.05, 3.63) is 30.9 Å². The van der Waals surface area contributed by atoms with E-state index in [2.05, 4.69) is 49.0 Å². The monoisotopic (exact) mass is 296 g/mol. The van der Waals surface area contributed by atoms with Gasteiger partial charge in [0.1, 0.15) is 5.52 Å². The molecule has 0 saturated carbocycles. The first-order valence-electron chi connectivity index (χ1n) is 7.89. The molecule has 22 heavy (non-hydrogen) atoms. The van der Waals surface area contributed by atoms with E-state index in [-0.39, 0.29) is 0 Å². The van der Waals surface area contributed by atoms with E-state index in [9.17, 15) is 0 Å². The maximum absolute atomic E-state index is 4.58. The Morgan fingerprint density at radius 2 is 2.05 bits per heavy atom. The van der Waals surface area contributed by atoms with Gasteiger partial charge < -0.3 is 4.90 Å². The van der Waals surface area contributed by atoms with Crippen molar-refractivity contribution >= 4 is 11.0 Å². The average molecular weight is 296 g/mol. The molecule has 0 aliphatic carbocycles. The van der Waals surface area contributed by atoms with Crippen molar-refractivity contribution < 1.29 is 0 Å². The lowest BCUT2D eigenvalue weighted by atomic mass is 10.1. The first-order chi connectivity index (χ1) is 10.8. The molecular formula is C16H20N6. The Hall–Kier alpha value is -2.21. The molecule has 3 aromatic heterocycles. The number of piperidine rings is 1. The minimum atomic E-state index is 0.514. The topological polar surface area (TPSA) is 62.6 Å². The van der Waals surface area contributed by atoms with Crippen molar-refractivity contribution in [3.63, 3.8) is 0 Å². The Morgan fingerprint density at radius 3 is 2.86 bits per heavy atom. The van der Waals surface area contributed by atoms with Crippen LogP contribution in [0.3, 0.4) is 0 Å². The Kier molecular flexibility index (Phi) is 3.38. The van der Waals surface area contributed by atoms with E-state index in [0.29, 0.717) is 6.04 Å². The van der Waals surface area contributed by atoms with Gasteiger partial charge in [-0.3, -0.25) is 14.8 Å². The summed E-state index contributed by atoms with van der Waals surface area (Å²) in [6.45, 7) is 5.70. The van der Waals surface area contributed by atoms with Crippen LogP contribution in [0.4, 0.5) is 0 Å². The van der Waals surface area contributed by atoms with Gasteiger partial charge in [-0.05, 0) is 25.5 Å². The molecule has 3 aromatic rings. The predicted molar refractivity (Wildman–Crippen MR) is 85.5 cm³/mol. The molecular weight excluding hydrogens is 276 g/mol. The van der Waals surface area contributed by atoms with Crippen LogP contribution in [0.25, 0.3) is 22.2 Å². The highest BCUT2D eigenvalue weighted by Crippen LogP contribution is 2.26. The summed E-state index contributed by atoms with van der Waals surface area (Å²) in [5.74, 6) is 0. The molecule has 0 aromatic carbocycles. The molecule has 0 atom stereocenters. The van der Waals surface area contributed by atoms with Crippen LogP contribution in [0.5, 0.6) is 0 Å². The molecule has 0 amide bonds. The van der Waals surface area contributed by atoms with Crippen LogP contribution in [-0.4, -0.2) is 49.5 Å². The number of nitrogens with one attached hydrogen (secondary N) is 1. The first kappa shape index (κ1) is 13.5. The minimum absolute atomic E-state index is 0.514. The fourth-order valence-electron chi connectivity index (χ4n) is 3.18. The van der Waals surface area contributed by atoms with Crippen molar-refractivity contribution in [1.82, 2.24) is 29.9 Å². The summed E-state index contributed by atoms with van der Waals surface area (Å²) in [4.78, 5) is 6.92. The summed E-state index contributed by atoms with van der Waals surface area (Å²) in [6.07, 6.45) is 10.1. The minimum Gasteiger partial charge on any atom is -0.303 e. The molecule has 4 rings (SSSR count). The first-order valence-corrected chi connectivity index (χ1v) is 7.89. The van der Waals surface area contributed by atoms with E-state index in [1.54, 1.807) is 6.20 Å². The van der Waals surface area contributed by atoms with Crippen LogP contribution < -0.4 is 0 Å². The summed E-state index contributed by atoms with van der Waals surface area (Å²) in [7, 11) is 0. The quantitative estimate of drug-likeness (QED) is 0.806. The van der Waals surface area contributed by atoms with Crippen molar-refractivity contribution in [3.8, 4) is 11.1 Å². The summed E-state index contributed by atoms with van der Waals surface area (Å²) >= 11 is 0. The fourth-order valence-corrected chi connectivity index (χ4v) is 3.18. The van der Waals surface area contributed by atoms with Crippen LogP contribution in [0.15, 0.2) is 30.9 Å². The molecule has 1 aliphatic rings. The zero-order valence-electron chi connectivity index (χ0n) is 12.7. The number of pyridine rings is 1. The number of nitrogens with zero attached hydrogens (tertiary/aromatic N) is 5. The van der Waals surface area contributed by atoms with Crippen LogP contribution in [0, 0.1) is 0 Å². The summed E-state index contributed by atoms with van der Waals surface area (Å²) in [6, 6.07) is 2.59. The van der Waals surface area contributed by atoms with E-state index in [0.717, 1.165) is 41.8 Å². The van der Waals surface area contributed by atoms with Gasteiger partial charge in [0, 0.05) is 36.6 Å². The van der Waals surface area contributed by atoms with Crippen LogP contribution in [-0.2, 0) is 0 Å². The molecule has 4 heterocycles. The third-order valence-electron chi connectivity index (χ3n) is 4.60. The zero-order valence-corrected chi connectivity index (χ0v) is 12.7. The molecule has 114 valence electrons. The van der Waals surface area contributed by atoms with Crippen molar-refractivity contribution in [1.29, 1.82) is 0 Å². The number of H-pyrrole nitrogens is 1. The summed E-state index contributed by atoms with van der Waals surface area (Å²) < 4.78 is 2.12. The maximum Gasteiger partial charge on any atom is 0.108 e. The second-order valence-corrected chi connectivity index (χ2v) is 5.90. The molecule has 6 nitrogen and oxygen atoms in total. The van der Waals surface area contributed by atoms with Gasteiger partial charge in [0.25, 0.3) is 0 Å². The zero-order chi connectivity index (χ0) is 14.9. The SMILES string of the molecule is CCN1CCC(n2cc(-c3cnc4cn[nH]c4c3)cn2)CC1. The third kappa shape index (κ3) is 2.39. The molecule has 0 unspecified atom stereocenters. The number of aromatic nitrogens is 5. The molecule has 1 fully saturated rings. The van der Waals surface area contributed by atoms with Gasteiger partial charge >= 0.3 is 0 Å². The van der Waals surface area contributed by atoms with Gasteiger partial charge in [0.05, 0.1) is 24.0 Å². The van der Waals surface area contributed by atoms with E-state index >= 15 is 0 Å². The highest BCUT2D eigenvalue weighted by atomic mass is 15.3. The third-order valence-corrected chi connectivity index (χ3v) is 4.60. The maximum atomic E-state index is 4.58. The smallest absolute Gasteiger partial charge is 0.108 e. The van der Waals surface area contributed by atoms with Crippen molar-refractivity contribution in [2.45, 2.75) is 25.8 Å². The lowest BCUT2D eigenvalue weighted by molar-refractivity contribution is 0.187. The van der Waals surface area contributed by atoms with Gasteiger partial charge in [0.2, 0.25) is 0 Å². The molecule has 6 heteroatoms. The van der Waals surface area contributed by atoms with E-state index < -0.39 is 0 Å². The van der Waals surface area contributed by atoms with Crippen molar-refractivity contribution in [2.24, 2.45) is 0 Å². The summed E-state index contributed by atoms with van der Waals surface area (Å²) in [5.41, 5.74) is 4.04. The number of hydrogen-bond donors (Lipinski definition) is 1. The molecule has 1 aliphatic heterocycles. The van der Waals surface area contributed by atoms with Gasteiger partial charge in [-0.25, -0.2) is 0 Å². The predicted octanol–water partition coefficient (Wildman–Crippen LogP) is 2.48. The number of likely N-dealkylation sites (tertiary alicyclic amines) is 1. The highest BCUT2D eigenvalue weighted by molar-refractivity contribution is 5.79. The van der Waals surface area contributed by atoms with Crippen molar-refractivity contribution in [2.75, 3.05) is 19.6 Å². The number of hydrogen-bond acceptors (Lipinski definition) is 4. The van der Waals surface area contributed by atoms with Gasteiger partial charge in [0.15, 0.2) is 0 Å². The second-order valence-electron chi connectivity index (χ2n) is 5.90. The van der Waals surface area contributed by atoms with E-state index in [1.165, 1.54) is 12.8 Å². The summed E-state index contributed by atoms with van der Waals surface area (Å²) in [5, 5.41) is 11.6. The number of fused-ring (bicyclic) bond motifs is 1. The molecule has 1 saturated heterocycles. The normalized spacial score (nSPS) is 17.3. The van der Waals surface area contributed by atoms with Crippen LogP contribution in [0.2, 0.25) is 0 Å². The highest BCUT2D eigenvalue weighted by Gasteiger charge is 2.20. The number of rotatable bonds is 3. The van der Waals surface area contributed by atoms with E-state index in [4.69, 9.17) is 0 Å². The van der Waals surface area contributed by atoms with Gasteiger partial charge in [-0.1, -0.05) is 6.92 Å². The standard InChI is InChI=1S/C16H20N6/c1-2-21-5-3-14(4-6-21)22-11-13(9-19-22)12-7-15-16(17-8-12)10-18-20-15/h7-11,14H,2-6H2,1H3,(H,18,20). The van der Waals surface area contributed by atoms with Gasteiger partial charge in [-0.15, -0.1) is 0 Å². The lowest BCUT2D eigenvalue weighted by Gasteiger charge is -2.31. The average Bonchev–Trinajstić information content (AvgIpc) is 3.23. The van der Waals surface area contributed by atoms with Gasteiger partial charge in [-0.2, -0.15) is 10.2 Å². The van der Waals surface area contributed by atoms with Crippen LogP contribution in [0.1, 0.15) is 25.8 Å². The molecule has 1 N–H and O–H groups in total. The Morgan fingerprint density at radius 1 is 1.18 bits per heavy atom. The Balaban J connectivity index is 1.56. The Labute approximate surface area is 129 Å². The molecule has 0 radical (unpaired) electrons.